The molecule has 1 saturated carbocycles. The van der Waals surface area contributed by atoms with Gasteiger partial charge >= 0.3 is 0 Å². The third-order valence-corrected chi connectivity index (χ3v) is 5.05. The van der Waals surface area contributed by atoms with E-state index in [0.717, 1.165) is 17.4 Å². The van der Waals surface area contributed by atoms with Gasteiger partial charge in [0.25, 0.3) is 0 Å². The molecule has 0 radical (unpaired) electrons. The predicted octanol–water partition coefficient (Wildman–Crippen LogP) is 2.94. The molecule has 0 aliphatic heterocycles. The van der Waals surface area contributed by atoms with E-state index in [-0.39, 0.29) is 6.10 Å². The average Bonchev–Trinajstić information content (AvgIpc) is 2.88. The first-order chi connectivity index (χ1) is 8.70. The fourth-order valence-corrected chi connectivity index (χ4v) is 3.52. The zero-order valence-corrected chi connectivity index (χ0v) is 12.1. The van der Waals surface area contributed by atoms with Crippen molar-refractivity contribution in [3.63, 3.8) is 0 Å². The normalized spacial score (nSPS) is 25.6. The second-order valence-corrected chi connectivity index (χ2v) is 6.33. The first kappa shape index (κ1) is 13.9. The van der Waals surface area contributed by atoms with Gasteiger partial charge in [0.1, 0.15) is 0 Å². The molecule has 0 heterocycles. The van der Waals surface area contributed by atoms with Crippen LogP contribution in [0.3, 0.4) is 0 Å². The van der Waals surface area contributed by atoms with Crippen molar-refractivity contribution in [2.24, 2.45) is 0 Å². The highest BCUT2D eigenvalue weighted by atomic mass is 32.2. The Bertz CT molecular complexity index is 357. The summed E-state index contributed by atoms with van der Waals surface area (Å²) in [5, 5.41) is 11.0. The zero-order chi connectivity index (χ0) is 13.0. The first-order valence-corrected chi connectivity index (χ1v) is 7.95. The smallest absolute Gasteiger partial charge is 0.0916 e. The Hall–Kier alpha value is -0.510. The minimum atomic E-state index is -0.371. The summed E-state index contributed by atoms with van der Waals surface area (Å²) >= 11 is 1.98. The number of hydrogen-bond donors (Lipinski definition) is 1. The van der Waals surface area contributed by atoms with Crippen LogP contribution in [0.4, 0.5) is 0 Å². The third-order valence-electron chi connectivity index (χ3n) is 3.96. The molecule has 2 nitrogen and oxygen atoms in total. The van der Waals surface area contributed by atoms with E-state index in [1.165, 1.54) is 19.3 Å². The SMILES string of the molecule is CS[C@@H]1CC[C@H](N(C)C[C@@H](O)c2ccccc2)C1. The van der Waals surface area contributed by atoms with Crippen LogP contribution >= 0.6 is 11.8 Å². The highest BCUT2D eigenvalue weighted by Gasteiger charge is 2.27. The summed E-state index contributed by atoms with van der Waals surface area (Å²) in [4.78, 5) is 2.33. The van der Waals surface area contributed by atoms with Crippen LogP contribution in [0.2, 0.25) is 0 Å². The van der Waals surface area contributed by atoms with Crippen molar-refractivity contribution in [1.82, 2.24) is 4.90 Å². The Balaban J connectivity index is 1.86. The lowest BCUT2D eigenvalue weighted by molar-refractivity contribution is 0.105. The van der Waals surface area contributed by atoms with E-state index >= 15 is 0 Å². The second kappa shape index (κ2) is 6.60. The molecule has 1 fully saturated rings. The molecule has 100 valence electrons. The maximum Gasteiger partial charge on any atom is 0.0916 e. The molecule has 3 atom stereocenters. The lowest BCUT2D eigenvalue weighted by Crippen LogP contribution is -2.33. The van der Waals surface area contributed by atoms with Crippen LogP contribution in [0.1, 0.15) is 30.9 Å². The van der Waals surface area contributed by atoms with Gasteiger partial charge in [0, 0.05) is 17.8 Å². The molecular weight excluding hydrogens is 242 g/mol. The maximum absolute atomic E-state index is 10.2. The molecule has 1 aliphatic rings. The van der Waals surface area contributed by atoms with Crippen molar-refractivity contribution in [2.75, 3.05) is 19.8 Å². The number of aliphatic hydroxyl groups excluding tert-OH is 1. The molecule has 1 aliphatic carbocycles. The fourth-order valence-electron chi connectivity index (χ4n) is 2.73. The lowest BCUT2D eigenvalue weighted by atomic mass is 10.1. The molecular formula is C15H23NOS. The Kier molecular flexibility index (Phi) is 5.10. The van der Waals surface area contributed by atoms with Crippen LogP contribution in [-0.4, -0.2) is 41.1 Å². The molecule has 1 N–H and O–H groups in total. The number of rotatable bonds is 5. The number of aliphatic hydroxyl groups is 1. The van der Waals surface area contributed by atoms with Crippen LogP contribution in [0.15, 0.2) is 30.3 Å². The summed E-state index contributed by atoms with van der Waals surface area (Å²) in [7, 11) is 2.14. The van der Waals surface area contributed by atoms with Crippen LogP contribution in [0, 0.1) is 0 Å². The van der Waals surface area contributed by atoms with E-state index in [1.807, 2.05) is 42.1 Å². The molecule has 0 saturated heterocycles. The highest BCUT2D eigenvalue weighted by Crippen LogP contribution is 2.31. The van der Waals surface area contributed by atoms with Gasteiger partial charge in [0.05, 0.1) is 6.10 Å². The minimum Gasteiger partial charge on any atom is -0.387 e. The second-order valence-electron chi connectivity index (χ2n) is 5.19. The van der Waals surface area contributed by atoms with E-state index in [4.69, 9.17) is 0 Å². The fraction of sp³-hybridized carbons (Fsp3) is 0.600. The number of thioether (sulfide) groups is 1. The molecule has 3 heteroatoms. The van der Waals surface area contributed by atoms with Crippen LogP contribution in [0.5, 0.6) is 0 Å². The van der Waals surface area contributed by atoms with Crippen molar-refractivity contribution in [2.45, 2.75) is 36.7 Å². The van der Waals surface area contributed by atoms with Gasteiger partial charge in [0.15, 0.2) is 0 Å². The van der Waals surface area contributed by atoms with E-state index in [2.05, 4.69) is 18.2 Å². The molecule has 0 bridgehead atoms. The van der Waals surface area contributed by atoms with Crippen molar-refractivity contribution in [1.29, 1.82) is 0 Å². The molecule has 1 aromatic carbocycles. The van der Waals surface area contributed by atoms with Gasteiger partial charge in [-0.05, 0) is 38.1 Å². The van der Waals surface area contributed by atoms with Gasteiger partial charge in [-0.25, -0.2) is 0 Å². The Morgan fingerprint density at radius 3 is 2.67 bits per heavy atom. The summed E-state index contributed by atoms with van der Waals surface area (Å²) < 4.78 is 0. The molecule has 0 aromatic heterocycles. The van der Waals surface area contributed by atoms with E-state index in [0.29, 0.717) is 6.04 Å². The quantitative estimate of drug-likeness (QED) is 0.885. The summed E-state index contributed by atoms with van der Waals surface area (Å²) in [6.45, 7) is 0.732. The van der Waals surface area contributed by atoms with Gasteiger partial charge in [-0.3, -0.25) is 0 Å². The maximum atomic E-state index is 10.2. The standard InChI is InChI=1S/C15H23NOS/c1-16(13-8-9-14(10-13)18-2)11-15(17)12-6-4-3-5-7-12/h3-7,13-15,17H,8-11H2,1-2H3/t13-,14+,15+/m0/s1. The summed E-state index contributed by atoms with van der Waals surface area (Å²) in [6, 6.07) is 10.6. The summed E-state index contributed by atoms with van der Waals surface area (Å²) in [5.41, 5.74) is 1.02. The molecule has 0 unspecified atom stereocenters. The number of benzene rings is 1. The predicted molar refractivity (Wildman–Crippen MR) is 79.0 cm³/mol. The van der Waals surface area contributed by atoms with Gasteiger partial charge in [0.2, 0.25) is 0 Å². The van der Waals surface area contributed by atoms with Gasteiger partial charge in [-0.15, -0.1) is 0 Å². The van der Waals surface area contributed by atoms with E-state index in [9.17, 15) is 5.11 Å². The van der Waals surface area contributed by atoms with Crippen LogP contribution < -0.4 is 0 Å². The molecule has 18 heavy (non-hydrogen) atoms. The van der Waals surface area contributed by atoms with Crippen LogP contribution in [-0.2, 0) is 0 Å². The molecule has 2 rings (SSSR count). The minimum absolute atomic E-state index is 0.371. The topological polar surface area (TPSA) is 23.5 Å². The summed E-state index contributed by atoms with van der Waals surface area (Å²) in [5.74, 6) is 0. The molecule has 0 amide bonds. The molecule has 1 aromatic rings. The van der Waals surface area contributed by atoms with Gasteiger partial charge < -0.3 is 10.0 Å². The van der Waals surface area contributed by atoms with Crippen LogP contribution in [0.25, 0.3) is 0 Å². The molecule has 0 spiro atoms. The Labute approximate surface area is 114 Å². The number of hydrogen-bond acceptors (Lipinski definition) is 3. The third kappa shape index (κ3) is 3.50. The van der Waals surface area contributed by atoms with Crippen molar-refractivity contribution >= 4 is 11.8 Å². The lowest BCUT2D eigenvalue weighted by Gasteiger charge is -2.27. The number of nitrogens with zero attached hydrogens (tertiary/aromatic N) is 1. The monoisotopic (exact) mass is 265 g/mol. The highest BCUT2D eigenvalue weighted by molar-refractivity contribution is 7.99. The zero-order valence-electron chi connectivity index (χ0n) is 11.2. The Morgan fingerprint density at radius 1 is 1.33 bits per heavy atom. The largest absolute Gasteiger partial charge is 0.387 e. The van der Waals surface area contributed by atoms with E-state index in [1.54, 1.807) is 0 Å². The summed E-state index contributed by atoms with van der Waals surface area (Å²) in [6.07, 6.45) is 5.68. The van der Waals surface area contributed by atoms with Crippen molar-refractivity contribution in [3.05, 3.63) is 35.9 Å². The van der Waals surface area contributed by atoms with Crippen molar-refractivity contribution < 1.29 is 5.11 Å². The Morgan fingerprint density at radius 2 is 2.06 bits per heavy atom. The van der Waals surface area contributed by atoms with E-state index < -0.39 is 0 Å². The first-order valence-electron chi connectivity index (χ1n) is 6.66. The van der Waals surface area contributed by atoms with Crippen molar-refractivity contribution in [3.8, 4) is 0 Å². The van der Waals surface area contributed by atoms with Gasteiger partial charge in [-0.2, -0.15) is 11.8 Å². The van der Waals surface area contributed by atoms with Gasteiger partial charge in [-0.1, -0.05) is 30.3 Å². The number of likely N-dealkylation sites (N-methyl/N-ethyl adjacent to an activating group) is 1. The average molecular weight is 265 g/mol.